The quantitative estimate of drug-likeness (QED) is 0.875. The zero-order valence-corrected chi connectivity index (χ0v) is 11.2. The number of piperidine rings is 1. The van der Waals surface area contributed by atoms with Crippen LogP contribution in [0, 0.1) is 0 Å². The molecule has 1 aromatic heterocycles. The Morgan fingerprint density at radius 3 is 2.80 bits per heavy atom. The average molecular weight is 267 g/mol. The van der Waals surface area contributed by atoms with Crippen LogP contribution in [-0.4, -0.2) is 32.7 Å². The van der Waals surface area contributed by atoms with Gasteiger partial charge in [-0.1, -0.05) is 36.8 Å². The second-order valence-corrected chi connectivity index (χ2v) is 5.58. The molecule has 20 heavy (non-hydrogen) atoms. The molecule has 2 aromatic rings. The van der Waals surface area contributed by atoms with Gasteiger partial charge in [0, 0.05) is 17.6 Å². The van der Waals surface area contributed by atoms with Crippen molar-refractivity contribution in [2.24, 2.45) is 0 Å². The van der Waals surface area contributed by atoms with Crippen molar-refractivity contribution < 1.29 is 0 Å². The van der Waals surface area contributed by atoms with E-state index in [0.717, 1.165) is 12.0 Å². The van der Waals surface area contributed by atoms with Crippen molar-refractivity contribution in [3.8, 4) is 11.4 Å². The minimum Gasteiger partial charge on any atom is -0.307 e. The second kappa shape index (κ2) is 4.83. The van der Waals surface area contributed by atoms with Crippen molar-refractivity contribution in [1.29, 1.82) is 0 Å². The molecule has 0 saturated carbocycles. The van der Waals surface area contributed by atoms with Crippen molar-refractivity contribution in [2.75, 3.05) is 0 Å². The number of nitrogens with one attached hydrogen (secondary N) is 2. The number of hydrogen-bond donors (Lipinski definition) is 2. The molecule has 0 amide bonds. The highest BCUT2D eigenvalue weighted by atomic mass is 15.5. The highest BCUT2D eigenvalue weighted by Gasteiger charge is 2.27. The summed E-state index contributed by atoms with van der Waals surface area (Å²) in [5, 5.41) is 18.1. The normalized spacial score (nSPS) is 25.3. The number of H-pyrrole nitrogens is 1. The zero-order valence-electron chi connectivity index (χ0n) is 11.2. The highest BCUT2D eigenvalue weighted by Crippen LogP contribution is 2.34. The maximum Gasteiger partial charge on any atom is 0.205 e. The number of aromatic nitrogens is 4. The van der Waals surface area contributed by atoms with E-state index in [1.165, 1.54) is 30.4 Å². The Labute approximate surface area is 117 Å². The van der Waals surface area contributed by atoms with Crippen LogP contribution < -0.4 is 5.32 Å². The summed E-state index contributed by atoms with van der Waals surface area (Å²) in [6, 6.07) is 9.48. The first-order chi connectivity index (χ1) is 9.90. The first-order valence-electron chi connectivity index (χ1n) is 7.20. The molecule has 2 aliphatic rings. The lowest BCUT2D eigenvalue weighted by Crippen LogP contribution is -2.44. The molecule has 2 atom stereocenters. The van der Waals surface area contributed by atoms with Crippen LogP contribution in [0.4, 0.5) is 0 Å². The number of rotatable bonds is 2. The number of aromatic amines is 1. The Balaban J connectivity index is 1.77. The average Bonchev–Trinajstić information content (AvgIpc) is 3.01. The summed E-state index contributed by atoms with van der Waals surface area (Å²) >= 11 is 0. The third-order valence-electron chi connectivity index (χ3n) is 4.25. The summed E-state index contributed by atoms with van der Waals surface area (Å²) in [5.41, 5.74) is 3.72. The Bertz CT molecular complexity index is 631. The molecule has 2 aliphatic heterocycles. The molecule has 1 aromatic carbocycles. The maximum absolute atomic E-state index is 4.12. The predicted octanol–water partition coefficient (Wildman–Crippen LogP) is 2.16. The van der Waals surface area contributed by atoms with E-state index in [9.17, 15) is 0 Å². The smallest absolute Gasteiger partial charge is 0.205 e. The fraction of sp³-hybridized carbons (Fsp3) is 0.400. The number of tetrazole rings is 1. The molecule has 1 saturated heterocycles. The van der Waals surface area contributed by atoms with E-state index < -0.39 is 0 Å². The van der Waals surface area contributed by atoms with Crippen molar-refractivity contribution in [3.05, 3.63) is 35.9 Å². The molecule has 2 N–H and O–H groups in total. The molecular formula is C15H17N5. The summed E-state index contributed by atoms with van der Waals surface area (Å²) in [4.78, 5) is 0. The Hall–Kier alpha value is -2.01. The van der Waals surface area contributed by atoms with E-state index in [0.29, 0.717) is 17.9 Å². The van der Waals surface area contributed by atoms with E-state index in [2.05, 4.69) is 50.2 Å². The first kappa shape index (κ1) is 11.8. The van der Waals surface area contributed by atoms with Gasteiger partial charge < -0.3 is 5.32 Å². The first-order valence-corrected chi connectivity index (χ1v) is 7.20. The van der Waals surface area contributed by atoms with Gasteiger partial charge in [-0.05, 0) is 35.6 Å². The second-order valence-electron chi connectivity index (χ2n) is 5.58. The lowest BCUT2D eigenvalue weighted by molar-refractivity contribution is 0.348. The van der Waals surface area contributed by atoms with Gasteiger partial charge in [0.1, 0.15) is 0 Å². The van der Waals surface area contributed by atoms with Crippen molar-refractivity contribution in [2.45, 2.75) is 37.8 Å². The summed E-state index contributed by atoms with van der Waals surface area (Å²) < 4.78 is 0. The predicted molar refractivity (Wildman–Crippen MR) is 76.8 cm³/mol. The van der Waals surface area contributed by atoms with Crippen molar-refractivity contribution >= 4 is 5.57 Å². The van der Waals surface area contributed by atoms with E-state index >= 15 is 0 Å². The molecule has 0 spiro atoms. The molecule has 0 aliphatic carbocycles. The fourth-order valence-corrected chi connectivity index (χ4v) is 3.36. The summed E-state index contributed by atoms with van der Waals surface area (Å²) in [5.74, 6) is 0.671. The van der Waals surface area contributed by atoms with Gasteiger partial charge in [0.2, 0.25) is 5.82 Å². The largest absolute Gasteiger partial charge is 0.307 e. The molecule has 102 valence electrons. The van der Waals surface area contributed by atoms with Crippen molar-refractivity contribution in [3.63, 3.8) is 0 Å². The molecule has 3 heterocycles. The van der Waals surface area contributed by atoms with E-state index in [4.69, 9.17) is 0 Å². The zero-order chi connectivity index (χ0) is 13.4. The molecule has 2 bridgehead atoms. The lowest BCUT2D eigenvalue weighted by Gasteiger charge is -2.35. The van der Waals surface area contributed by atoms with Crippen LogP contribution in [-0.2, 0) is 0 Å². The minimum absolute atomic E-state index is 0.524. The standard InChI is InChI=1S/C15H17N5/c1-2-7-14(15-17-19-20-18-15)13(6-1)10-8-11-4-3-5-12(9-10)16-11/h1-2,6-8,11-12,16H,3-5,9H2,(H,17,18,19,20). The summed E-state index contributed by atoms with van der Waals surface area (Å²) in [6.45, 7) is 0. The molecule has 2 unspecified atom stereocenters. The third kappa shape index (κ3) is 2.04. The van der Waals surface area contributed by atoms with Gasteiger partial charge >= 0.3 is 0 Å². The summed E-state index contributed by atoms with van der Waals surface area (Å²) in [7, 11) is 0. The van der Waals surface area contributed by atoms with Gasteiger partial charge in [0.25, 0.3) is 0 Å². The third-order valence-corrected chi connectivity index (χ3v) is 4.25. The maximum atomic E-state index is 4.12. The van der Waals surface area contributed by atoms with Gasteiger partial charge in [-0.3, -0.25) is 0 Å². The number of nitrogens with zero attached hydrogens (tertiary/aromatic N) is 3. The van der Waals surface area contributed by atoms with Gasteiger partial charge in [0.05, 0.1) is 0 Å². The molecule has 4 rings (SSSR count). The van der Waals surface area contributed by atoms with E-state index in [1.807, 2.05) is 6.07 Å². The van der Waals surface area contributed by atoms with Gasteiger partial charge in [-0.2, -0.15) is 5.21 Å². The number of hydrogen-bond acceptors (Lipinski definition) is 4. The van der Waals surface area contributed by atoms with Crippen LogP contribution in [0.1, 0.15) is 31.2 Å². The Kier molecular flexibility index (Phi) is 2.85. The van der Waals surface area contributed by atoms with Gasteiger partial charge in [-0.15, -0.1) is 10.2 Å². The highest BCUT2D eigenvalue weighted by molar-refractivity contribution is 5.79. The van der Waals surface area contributed by atoms with Crippen molar-refractivity contribution in [1.82, 2.24) is 25.9 Å². The van der Waals surface area contributed by atoms with Gasteiger partial charge in [-0.25, -0.2) is 0 Å². The minimum atomic E-state index is 0.524. The molecule has 1 fully saturated rings. The summed E-state index contributed by atoms with van der Waals surface area (Å²) in [6.07, 6.45) is 7.32. The molecule has 5 heteroatoms. The molecule has 5 nitrogen and oxygen atoms in total. The SMILES string of the molecule is C1=C(c2ccccc2-c2nn[nH]n2)CC2CCCC1N2. The lowest BCUT2D eigenvalue weighted by atomic mass is 9.83. The molecular weight excluding hydrogens is 250 g/mol. The van der Waals surface area contributed by atoms with Crippen LogP contribution in [0.5, 0.6) is 0 Å². The monoisotopic (exact) mass is 267 g/mol. The number of benzene rings is 1. The topological polar surface area (TPSA) is 66.5 Å². The van der Waals surface area contributed by atoms with Crippen LogP contribution in [0.25, 0.3) is 17.0 Å². The number of fused-ring (bicyclic) bond motifs is 2. The fourth-order valence-electron chi connectivity index (χ4n) is 3.36. The Morgan fingerprint density at radius 1 is 1.10 bits per heavy atom. The van der Waals surface area contributed by atoms with E-state index in [1.54, 1.807) is 0 Å². The van der Waals surface area contributed by atoms with Crippen LogP contribution in [0.3, 0.4) is 0 Å². The molecule has 0 radical (unpaired) electrons. The Morgan fingerprint density at radius 2 is 2.00 bits per heavy atom. The van der Waals surface area contributed by atoms with Gasteiger partial charge in [0.15, 0.2) is 0 Å². The van der Waals surface area contributed by atoms with Crippen LogP contribution >= 0.6 is 0 Å². The van der Waals surface area contributed by atoms with Crippen LogP contribution in [0.15, 0.2) is 30.3 Å². The van der Waals surface area contributed by atoms with E-state index in [-0.39, 0.29) is 0 Å². The van der Waals surface area contributed by atoms with Crippen LogP contribution in [0.2, 0.25) is 0 Å².